The van der Waals surface area contributed by atoms with E-state index in [1.165, 1.54) is 0 Å². The van der Waals surface area contributed by atoms with E-state index in [0.29, 0.717) is 18.8 Å². The monoisotopic (exact) mass is 297 g/mol. The number of nitrogens with one attached hydrogen (secondary N) is 1. The van der Waals surface area contributed by atoms with Gasteiger partial charge in [0, 0.05) is 19.3 Å². The quantitative estimate of drug-likeness (QED) is 0.318. The van der Waals surface area contributed by atoms with Gasteiger partial charge in [0.15, 0.2) is 5.84 Å². The fourth-order valence-corrected chi connectivity index (χ4v) is 3.53. The molecule has 0 aromatic carbocycles. The summed E-state index contributed by atoms with van der Waals surface area (Å²) in [7, 11) is 0. The third-order valence-electron chi connectivity index (χ3n) is 5.07. The van der Waals surface area contributed by atoms with Crippen molar-refractivity contribution < 1.29 is 14.7 Å². The number of ether oxygens (including phenoxy) is 1. The zero-order chi connectivity index (χ0) is 15.3. The Hall–Kier alpha value is -1.30. The van der Waals surface area contributed by atoms with Crippen LogP contribution in [0.1, 0.15) is 51.9 Å². The van der Waals surface area contributed by atoms with Crippen molar-refractivity contribution in [3.05, 3.63) is 0 Å². The lowest BCUT2D eigenvalue weighted by atomic mass is 9.72. The molecular weight excluding hydrogens is 270 g/mol. The Morgan fingerprint density at radius 3 is 2.52 bits per heavy atom. The summed E-state index contributed by atoms with van der Waals surface area (Å²) >= 11 is 0. The second-order valence-electron chi connectivity index (χ2n) is 6.34. The minimum absolute atomic E-state index is 0.0545. The summed E-state index contributed by atoms with van der Waals surface area (Å²) in [6, 6.07) is 0.0895. The molecule has 2 fully saturated rings. The molecule has 120 valence electrons. The van der Waals surface area contributed by atoms with Gasteiger partial charge in [0.2, 0.25) is 5.91 Å². The lowest BCUT2D eigenvalue weighted by Gasteiger charge is -2.37. The van der Waals surface area contributed by atoms with Crippen LogP contribution in [0.25, 0.3) is 0 Å². The first-order valence-electron chi connectivity index (χ1n) is 7.97. The van der Waals surface area contributed by atoms with Gasteiger partial charge in [-0.15, -0.1) is 0 Å². The highest BCUT2D eigenvalue weighted by Gasteiger charge is 2.44. The number of amidine groups is 1. The maximum Gasteiger partial charge on any atom is 0.234 e. The van der Waals surface area contributed by atoms with E-state index in [4.69, 9.17) is 15.7 Å². The molecule has 0 aromatic rings. The van der Waals surface area contributed by atoms with E-state index < -0.39 is 5.41 Å². The van der Waals surface area contributed by atoms with Crippen molar-refractivity contribution >= 4 is 11.7 Å². The Kier molecular flexibility index (Phi) is 5.45. The van der Waals surface area contributed by atoms with Crippen LogP contribution in [0.4, 0.5) is 0 Å². The number of hydrogen-bond donors (Lipinski definition) is 3. The highest BCUT2D eigenvalue weighted by Crippen LogP contribution is 2.37. The molecule has 2 rings (SSSR count). The molecule has 1 unspecified atom stereocenters. The van der Waals surface area contributed by atoms with Crippen LogP contribution < -0.4 is 11.1 Å². The molecule has 1 aliphatic carbocycles. The first-order valence-corrected chi connectivity index (χ1v) is 7.97. The van der Waals surface area contributed by atoms with Gasteiger partial charge in [-0.05, 0) is 38.5 Å². The predicted octanol–water partition coefficient (Wildman–Crippen LogP) is 1.61. The fourth-order valence-electron chi connectivity index (χ4n) is 3.53. The Morgan fingerprint density at radius 2 is 1.95 bits per heavy atom. The number of carbonyl (C=O) groups is 1. The van der Waals surface area contributed by atoms with E-state index in [9.17, 15) is 4.79 Å². The van der Waals surface area contributed by atoms with E-state index in [-0.39, 0.29) is 17.8 Å². The van der Waals surface area contributed by atoms with Crippen LogP contribution in [-0.2, 0) is 9.53 Å². The van der Waals surface area contributed by atoms with Crippen molar-refractivity contribution in [3.63, 3.8) is 0 Å². The number of oxime groups is 1. The van der Waals surface area contributed by atoms with Crippen molar-refractivity contribution in [2.75, 3.05) is 13.2 Å². The predicted molar refractivity (Wildman–Crippen MR) is 80.1 cm³/mol. The molecule has 2 aliphatic rings. The molecule has 1 saturated carbocycles. The lowest BCUT2D eigenvalue weighted by molar-refractivity contribution is -0.130. The average molecular weight is 297 g/mol. The molecule has 0 spiro atoms. The van der Waals surface area contributed by atoms with Crippen molar-refractivity contribution in [2.24, 2.45) is 22.2 Å². The summed E-state index contributed by atoms with van der Waals surface area (Å²) in [5.74, 6) is 0.408. The number of carbonyl (C=O) groups excluding carboxylic acids is 1. The van der Waals surface area contributed by atoms with Crippen molar-refractivity contribution in [2.45, 2.75) is 57.9 Å². The number of amides is 1. The Morgan fingerprint density at radius 1 is 1.33 bits per heavy atom. The van der Waals surface area contributed by atoms with Crippen molar-refractivity contribution in [3.8, 4) is 0 Å². The van der Waals surface area contributed by atoms with Gasteiger partial charge in [-0.25, -0.2) is 0 Å². The third-order valence-corrected chi connectivity index (χ3v) is 5.07. The van der Waals surface area contributed by atoms with Crippen LogP contribution in [-0.4, -0.2) is 36.2 Å². The van der Waals surface area contributed by atoms with E-state index in [1.807, 2.05) is 6.92 Å². The largest absolute Gasteiger partial charge is 0.409 e. The van der Waals surface area contributed by atoms with E-state index in [0.717, 1.165) is 45.3 Å². The van der Waals surface area contributed by atoms with Crippen LogP contribution >= 0.6 is 0 Å². The third kappa shape index (κ3) is 3.48. The summed E-state index contributed by atoms with van der Waals surface area (Å²) in [5.41, 5.74) is 5.03. The minimum Gasteiger partial charge on any atom is -0.409 e. The minimum atomic E-state index is -0.827. The van der Waals surface area contributed by atoms with Crippen LogP contribution in [0, 0.1) is 11.3 Å². The molecule has 1 amide bonds. The zero-order valence-electron chi connectivity index (χ0n) is 12.8. The molecule has 21 heavy (non-hydrogen) atoms. The van der Waals surface area contributed by atoms with Gasteiger partial charge >= 0.3 is 0 Å². The van der Waals surface area contributed by atoms with E-state index >= 15 is 0 Å². The standard InChI is InChI=1S/C15H27N3O3/c1-11(12-5-9-21-10-6-12)17-14(19)15(13(16)18-20)7-3-2-4-8-15/h11-12,20H,2-10H2,1H3,(H2,16,18)(H,17,19). The molecule has 1 atom stereocenters. The summed E-state index contributed by atoms with van der Waals surface area (Å²) in [6.07, 6.45) is 6.24. The summed E-state index contributed by atoms with van der Waals surface area (Å²) in [4.78, 5) is 12.8. The fraction of sp³-hybridized carbons (Fsp3) is 0.867. The maximum atomic E-state index is 12.8. The Balaban J connectivity index is 2.04. The van der Waals surface area contributed by atoms with Gasteiger partial charge in [-0.2, -0.15) is 0 Å². The summed E-state index contributed by atoms with van der Waals surface area (Å²) in [6.45, 7) is 3.56. The molecule has 6 heteroatoms. The molecule has 6 nitrogen and oxygen atoms in total. The number of nitrogens with two attached hydrogens (primary N) is 1. The van der Waals surface area contributed by atoms with Crippen LogP contribution in [0.5, 0.6) is 0 Å². The lowest BCUT2D eigenvalue weighted by Crippen LogP contribution is -2.54. The summed E-state index contributed by atoms with van der Waals surface area (Å²) in [5, 5.41) is 15.3. The molecule has 0 aromatic heterocycles. The van der Waals surface area contributed by atoms with Gasteiger partial charge in [0.25, 0.3) is 0 Å². The molecule has 1 heterocycles. The summed E-state index contributed by atoms with van der Waals surface area (Å²) < 4.78 is 5.36. The van der Waals surface area contributed by atoms with Crippen LogP contribution in [0.15, 0.2) is 5.16 Å². The highest BCUT2D eigenvalue weighted by atomic mass is 16.5. The number of hydrogen-bond acceptors (Lipinski definition) is 4. The molecule has 0 bridgehead atoms. The first kappa shape index (κ1) is 16.1. The number of nitrogens with zero attached hydrogens (tertiary/aromatic N) is 1. The number of rotatable bonds is 4. The van der Waals surface area contributed by atoms with Gasteiger partial charge in [-0.1, -0.05) is 24.4 Å². The molecule has 1 saturated heterocycles. The first-order chi connectivity index (χ1) is 10.1. The van der Waals surface area contributed by atoms with Gasteiger partial charge < -0.3 is 21.0 Å². The molecule has 0 radical (unpaired) electrons. The molecule has 1 aliphatic heterocycles. The van der Waals surface area contributed by atoms with E-state index in [1.54, 1.807) is 0 Å². The topological polar surface area (TPSA) is 96.9 Å². The van der Waals surface area contributed by atoms with Crippen molar-refractivity contribution in [1.82, 2.24) is 5.32 Å². The molecule has 4 N–H and O–H groups in total. The Bertz CT molecular complexity index is 386. The van der Waals surface area contributed by atoms with Gasteiger partial charge in [0.05, 0.1) is 0 Å². The second-order valence-corrected chi connectivity index (χ2v) is 6.34. The van der Waals surface area contributed by atoms with Crippen LogP contribution in [0.2, 0.25) is 0 Å². The molecular formula is C15H27N3O3. The van der Waals surface area contributed by atoms with Gasteiger partial charge in [-0.3, -0.25) is 4.79 Å². The zero-order valence-corrected chi connectivity index (χ0v) is 12.8. The van der Waals surface area contributed by atoms with E-state index in [2.05, 4.69) is 10.5 Å². The van der Waals surface area contributed by atoms with Crippen LogP contribution in [0.3, 0.4) is 0 Å². The normalized spacial score (nSPS) is 25.3. The maximum absolute atomic E-state index is 12.8. The SMILES string of the molecule is CC(NC(=O)C1(C(N)=NO)CCCCC1)C1CCOCC1. The van der Waals surface area contributed by atoms with Gasteiger partial charge in [0.1, 0.15) is 5.41 Å². The highest BCUT2D eigenvalue weighted by molar-refractivity contribution is 6.06. The second kappa shape index (κ2) is 7.11. The Labute approximate surface area is 126 Å². The smallest absolute Gasteiger partial charge is 0.234 e. The average Bonchev–Trinajstić information content (AvgIpc) is 2.55. The van der Waals surface area contributed by atoms with Crippen molar-refractivity contribution in [1.29, 1.82) is 0 Å².